The zero-order valence-corrected chi connectivity index (χ0v) is 13.3. The molecular weight excluding hydrogens is 292 g/mol. The first kappa shape index (κ1) is 17.4. The van der Waals surface area contributed by atoms with Crippen molar-refractivity contribution < 1.29 is 9.26 Å². The summed E-state index contributed by atoms with van der Waals surface area (Å²) in [6.45, 7) is 3.73. The summed E-state index contributed by atoms with van der Waals surface area (Å²) in [4.78, 5) is 6.31. The Labute approximate surface area is 130 Å². The largest absolute Gasteiger partial charge is 0.496 e. The van der Waals surface area contributed by atoms with Crippen LogP contribution in [0.5, 0.6) is 5.75 Å². The standard InChI is InChI=1S/C14H20N4O2.ClH/c1-10-6-11(4-5-12(10)19-3)8-18(2)9-13-16-14(7-15)20-17-13;/h4-6H,7-9,15H2,1-3H3;1H. The third-order valence-corrected chi connectivity index (χ3v) is 3.01. The number of nitrogens with two attached hydrogens (primary N) is 1. The maximum absolute atomic E-state index is 5.44. The second-order valence-corrected chi connectivity index (χ2v) is 4.78. The van der Waals surface area contributed by atoms with Gasteiger partial charge in [0.2, 0.25) is 5.89 Å². The predicted octanol–water partition coefficient (Wildman–Crippen LogP) is 1.90. The van der Waals surface area contributed by atoms with Crippen LogP contribution in [0.4, 0.5) is 0 Å². The molecule has 0 amide bonds. The lowest BCUT2D eigenvalue weighted by Gasteiger charge is -2.15. The van der Waals surface area contributed by atoms with Crippen molar-refractivity contribution in [3.8, 4) is 5.75 Å². The Balaban J connectivity index is 0.00000220. The zero-order valence-electron chi connectivity index (χ0n) is 12.5. The fourth-order valence-electron chi connectivity index (χ4n) is 2.09. The fourth-order valence-corrected chi connectivity index (χ4v) is 2.09. The quantitative estimate of drug-likeness (QED) is 0.878. The number of halogens is 1. The topological polar surface area (TPSA) is 77.4 Å². The highest BCUT2D eigenvalue weighted by Crippen LogP contribution is 2.19. The molecule has 0 aliphatic rings. The van der Waals surface area contributed by atoms with Gasteiger partial charge in [0.1, 0.15) is 5.75 Å². The van der Waals surface area contributed by atoms with Crippen LogP contribution in [-0.4, -0.2) is 29.2 Å². The van der Waals surface area contributed by atoms with Crippen LogP contribution < -0.4 is 10.5 Å². The number of methoxy groups -OCH3 is 1. The van der Waals surface area contributed by atoms with E-state index in [4.69, 9.17) is 15.0 Å². The summed E-state index contributed by atoms with van der Waals surface area (Å²) < 4.78 is 10.2. The summed E-state index contributed by atoms with van der Waals surface area (Å²) in [5, 5.41) is 3.89. The molecule has 0 radical (unpaired) electrons. The van der Waals surface area contributed by atoms with Crippen LogP contribution in [0.3, 0.4) is 0 Å². The molecular formula is C14H21ClN4O2. The van der Waals surface area contributed by atoms with Crippen LogP contribution in [0.15, 0.2) is 22.7 Å². The van der Waals surface area contributed by atoms with E-state index in [0.717, 1.165) is 17.9 Å². The summed E-state index contributed by atoms with van der Waals surface area (Å²) in [5.41, 5.74) is 7.78. The first-order valence-corrected chi connectivity index (χ1v) is 6.46. The van der Waals surface area contributed by atoms with Gasteiger partial charge in [0.15, 0.2) is 5.82 Å². The molecule has 6 nitrogen and oxygen atoms in total. The molecule has 0 saturated heterocycles. The van der Waals surface area contributed by atoms with Crippen LogP contribution in [-0.2, 0) is 19.6 Å². The highest BCUT2D eigenvalue weighted by Gasteiger charge is 2.09. The van der Waals surface area contributed by atoms with Crippen molar-refractivity contribution in [2.45, 2.75) is 26.6 Å². The van der Waals surface area contributed by atoms with E-state index in [9.17, 15) is 0 Å². The highest BCUT2D eigenvalue weighted by molar-refractivity contribution is 5.85. The van der Waals surface area contributed by atoms with Gasteiger partial charge in [-0.25, -0.2) is 0 Å². The molecule has 1 aromatic heterocycles. The van der Waals surface area contributed by atoms with E-state index in [1.54, 1.807) is 7.11 Å². The molecule has 0 unspecified atom stereocenters. The SMILES string of the molecule is COc1ccc(CN(C)Cc2noc(CN)n2)cc1C.Cl. The smallest absolute Gasteiger partial charge is 0.240 e. The van der Waals surface area contributed by atoms with Gasteiger partial charge in [-0.3, -0.25) is 4.90 Å². The first-order valence-electron chi connectivity index (χ1n) is 6.46. The van der Waals surface area contributed by atoms with Crippen molar-refractivity contribution >= 4 is 12.4 Å². The highest BCUT2D eigenvalue weighted by atomic mass is 35.5. The van der Waals surface area contributed by atoms with Gasteiger partial charge >= 0.3 is 0 Å². The van der Waals surface area contributed by atoms with Gasteiger partial charge in [-0.15, -0.1) is 12.4 Å². The molecule has 1 heterocycles. The molecule has 0 bridgehead atoms. The Bertz CT molecular complexity index is 574. The number of rotatable bonds is 6. The van der Waals surface area contributed by atoms with Gasteiger partial charge in [-0.05, 0) is 31.2 Å². The maximum atomic E-state index is 5.44. The van der Waals surface area contributed by atoms with Gasteiger partial charge in [0.05, 0.1) is 20.2 Å². The first-order chi connectivity index (χ1) is 9.62. The Hall–Kier alpha value is -1.63. The van der Waals surface area contributed by atoms with E-state index in [1.165, 1.54) is 5.56 Å². The summed E-state index contributed by atoms with van der Waals surface area (Å²) in [5.74, 6) is 2.02. The van der Waals surface area contributed by atoms with Gasteiger partial charge in [0.25, 0.3) is 0 Å². The maximum Gasteiger partial charge on any atom is 0.240 e. The Kier molecular flexibility index (Phi) is 6.61. The normalized spacial score (nSPS) is 10.5. The Morgan fingerprint density at radius 2 is 2.10 bits per heavy atom. The van der Waals surface area contributed by atoms with E-state index in [1.807, 2.05) is 20.0 Å². The predicted molar refractivity (Wildman–Crippen MR) is 82.3 cm³/mol. The molecule has 0 atom stereocenters. The van der Waals surface area contributed by atoms with Crippen LogP contribution in [0.25, 0.3) is 0 Å². The monoisotopic (exact) mass is 312 g/mol. The third-order valence-electron chi connectivity index (χ3n) is 3.01. The molecule has 21 heavy (non-hydrogen) atoms. The number of hydrogen-bond donors (Lipinski definition) is 1. The van der Waals surface area contributed by atoms with Crippen LogP contribution in [0, 0.1) is 6.92 Å². The van der Waals surface area contributed by atoms with Crippen molar-refractivity contribution in [2.75, 3.05) is 14.2 Å². The van der Waals surface area contributed by atoms with Crippen molar-refractivity contribution in [1.29, 1.82) is 0 Å². The Morgan fingerprint density at radius 1 is 1.33 bits per heavy atom. The number of ether oxygens (including phenoxy) is 1. The van der Waals surface area contributed by atoms with Crippen LogP contribution in [0.2, 0.25) is 0 Å². The van der Waals surface area contributed by atoms with Crippen molar-refractivity contribution in [2.24, 2.45) is 5.73 Å². The summed E-state index contributed by atoms with van der Waals surface area (Å²) >= 11 is 0. The lowest BCUT2D eigenvalue weighted by atomic mass is 10.1. The minimum absolute atomic E-state index is 0. The molecule has 1 aromatic carbocycles. The lowest BCUT2D eigenvalue weighted by molar-refractivity contribution is 0.299. The minimum Gasteiger partial charge on any atom is -0.496 e. The summed E-state index contributed by atoms with van der Waals surface area (Å²) in [6, 6.07) is 6.17. The number of nitrogens with zero attached hydrogens (tertiary/aromatic N) is 3. The van der Waals surface area contributed by atoms with Crippen LogP contribution in [0.1, 0.15) is 22.8 Å². The number of aryl methyl sites for hydroxylation is 1. The summed E-state index contributed by atoms with van der Waals surface area (Å²) in [6.07, 6.45) is 0. The second-order valence-electron chi connectivity index (χ2n) is 4.78. The zero-order chi connectivity index (χ0) is 14.5. The van der Waals surface area contributed by atoms with Gasteiger partial charge in [0, 0.05) is 6.54 Å². The van der Waals surface area contributed by atoms with Crippen LogP contribution >= 0.6 is 12.4 Å². The second kappa shape index (κ2) is 7.97. The van der Waals surface area contributed by atoms with E-state index in [2.05, 4.69) is 27.2 Å². The number of aromatic nitrogens is 2. The average Bonchev–Trinajstić information content (AvgIpc) is 2.86. The lowest BCUT2D eigenvalue weighted by Crippen LogP contribution is -2.18. The third kappa shape index (κ3) is 4.70. The van der Waals surface area contributed by atoms with Crippen molar-refractivity contribution in [1.82, 2.24) is 15.0 Å². The van der Waals surface area contributed by atoms with E-state index >= 15 is 0 Å². The van der Waals surface area contributed by atoms with E-state index in [0.29, 0.717) is 18.3 Å². The molecule has 2 N–H and O–H groups in total. The molecule has 7 heteroatoms. The van der Waals surface area contributed by atoms with Crippen molar-refractivity contribution in [3.63, 3.8) is 0 Å². The molecule has 116 valence electrons. The summed E-state index contributed by atoms with van der Waals surface area (Å²) in [7, 11) is 3.69. The molecule has 0 fully saturated rings. The number of hydrogen-bond acceptors (Lipinski definition) is 6. The van der Waals surface area contributed by atoms with Gasteiger partial charge < -0.3 is 15.0 Å². The van der Waals surface area contributed by atoms with Gasteiger partial charge in [-0.2, -0.15) is 4.98 Å². The molecule has 0 spiro atoms. The molecule has 0 aliphatic carbocycles. The van der Waals surface area contributed by atoms with Gasteiger partial charge in [-0.1, -0.05) is 17.3 Å². The Morgan fingerprint density at radius 3 is 2.67 bits per heavy atom. The molecule has 2 aromatic rings. The minimum atomic E-state index is 0. The number of benzene rings is 1. The van der Waals surface area contributed by atoms with E-state index < -0.39 is 0 Å². The molecule has 0 aliphatic heterocycles. The average molecular weight is 313 g/mol. The molecule has 2 rings (SSSR count). The fraction of sp³-hybridized carbons (Fsp3) is 0.429. The molecule has 0 saturated carbocycles. The van der Waals surface area contributed by atoms with E-state index in [-0.39, 0.29) is 19.0 Å². The van der Waals surface area contributed by atoms with Crippen molar-refractivity contribution in [3.05, 3.63) is 41.0 Å².